The standard InChI is InChI=1S/C18H21N3O2/c1-23-12-10-20-18(22)16-13-15(8-9-19-16)21-11-4-6-14-5-2-3-7-17(14)21/h2-3,5,7-9,13H,4,6,10-12H2,1H3,(H,20,22). The number of amides is 1. The van der Waals surface area contributed by atoms with E-state index in [9.17, 15) is 4.79 Å². The molecule has 1 aromatic heterocycles. The molecule has 5 nitrogen and oxygen atoms in total. The molecule has 1 aliphatic rings. The predicted octanol–water partition coefficient (Wildman–Crippen LogP) is 2.54. The normalized spacial score (nSPS) is 13.5. The number of nitrogens with one attached hydrogen (secondary N) is 1. The number of hydrogen-bond donors (Lipinski definition) is 1. The highest BCUT2D eigenvalue weighted by molar-refractivity contribution is 5.93. The van der Waals surface area contributed by atoms with Crippen LogP contribution in [0.1, 0.15) is 22.5 Å². The zero-order valence-electron chi connectivity index (χ0n) is 13.3. The van der Waals surface area contributed by atoms with E-state index in [0.717, 1.165) is 25.1 Å². The summed E-state index contributed by atoms with van der Waals surface area (Å²) >= 11 is 0. The summed E-state index contributed by atoms with van der Waals surface area (Å²) in [6, 6.07) is 12.2. The van der Waals surface area contributed by atoms with Crippen molar-refractivity contribution in [3.63, 3.8) is 0 Å². The SMILES string of the molecule is COCCNC(=O)c1cc(N2CCCc3ccccc32)ccn1. The van der Waals surface area contributed by atoms with E-state index in [1.54, 1.807) is 13.3 Å². The van der Waals surface area contributed by atoms with Gasteiger partial charge in [0.15, 0.2) is 0 Å². The van der Waals surface area contributed by atoms with Crippen molar-refractivity contribution in [1.82, 2.24) is 10.3 Å². The number of fused-ring (bicyclic) bond motifs is 1. The third kappa shape index (κ3) is 3.51. The predicted molar refractivity (Wildman–Crippen MR) is 90.2 cm³/mol. The van der Waals surface area contributed by atoms with Gasteiger partial charge in [-0.15, -0.1) is 0 Å². The molecule has 23 heavy (non-hydrogen) atoms. The number of aryl methyl sites for hydroxylation is 1. The molecule has 0 bridgehead atoms. The monoisotopic (exact) mass is 311 g/mol. The van der Waals surface area contributed by atoms with Crippen LogP contribution in [0.15, 0.2) is 42.6 Å². The number of ether oxygens (including phenoxy) is 1. The molecule has 120 valence electrons. The minimum Gasteiger partial charge on any atom is -0.383 e. The molecule has 0 aliphatic carbocycles. The third-order valence-electron chi connectivity index (χ3n) is 3.99. The van der Waals surface area contributed by atoms with Crippen molar-refractivity contribution < 1.29 is 9.53 Å². The van der Waals surface area contributed by atoms with Crippen LogP contribution in [0.2, 0.25) is 0 Å². The molecule has 1 aromatic carbocycles. The molecule has 1 amide bonds. The maximum absolute atomic E-state index is 12.2. The molecular formula is C18H21N3O2. The maximum Gasteiger partial charge on any atom is 0.270 e. The Kier molecular flexibility index (Phi) is 4.88. The van der Waals surface area contributed by atoms with Gasteiger partial charge in [0.25, 0.3) is 5.91 Å². The number of carbonyl (C=O) groups excluding carboxylic acids is 1. The molecule has 0 spiro atoms. The Bertz CT molecular complexity index is 687. The average Bonchev–Trinajstić information content (AvgIpc) is 2.61. The van der Waals surface area contributed by atoms with Crippen LogP contribution < -0.4 is 10.2 Å². The van der Waals surface area contributed by atoms with Gasteiger partial charge < -0.3 is 15.0 Å². The smallest absolute Gasteiger partial charge is 0.270 e. The van der Waals surface area contributed by atoms with E-state index in [1.807, 2.05) is 12.1 Å². The third-order valence-corrected chi connectivity index (χ3v) is 3.99. The summed E-state index contributed by atoms with van der Waals surface area (Å²) in [5, 5.41) is 2.80. The first kappa shape index (κ1) is 15.5. The molecule has 0 saturated carbocycles. The van der Waals surface area contributed by atoms with Crippen LogP contribution in [0.4, 0.5) is 11.4 Å². The van der Waals surface area contributed by atoms with Gasteiger partial charge >= 0.3 is 0 Å². The summed E-state index contributed by atoms with van der Waals surface area (Å²) < 4.78 is 4.94. The first-order chi connectivity index (χ1) is 11.3. The van der Waals surface area contributed by atoms with Gasteiger partial charge in [-0.25, -0.2) is 0 Å². The summed E-state index contributed by atoms with van der Waals surface area (Å²) in [7, 11) is 1.61. The highest BCUT2D eigenvalue weighted by Gasteiger charge is 2.19. The Labute approximate surface area is 136 Å². The lowest BCUT2D eigenvalue weighted by Crippen LogP contribution is -2.28. The quantitative estimate of drug-likeness (QED) is 0.862. The summed E-state index contributed by atoms with van der Waals surface area (Å²) in [5.41, 5.74) is 4.00. The molecule has 5 heteroatoms. The number of pyridine rings is 1. The molecule has 0 radical (unpaired) electrons. The number of nitrogens with zero attached hydrogens (tertiary/aromatic N) is 2. The van der Waals surface area contributed by atoms with Crippen LogP contribution in [0.5, 0.6) is 0 Å². The lowest BCUT2D eigenvalue weighted by Gasteiger charge is -2.31. The van der Waals surface area contributed by atoms with Crippen LogP contribution in [-0.2, 0) is 11.2 Å². The van der Waals surface area contributed by atoms with Gasteiger partial charge in [-0.05, 0) is 36.6 Å². The lowest BCUT2D eigenvalue weighted by atomic mass is 10.0. The van der Waals surface area contributed by atoms with Gasteiger partial charge in [0, 0.05) is 37.8 Å². The van der Waals surface area contributed by atoms with E-state index in [0.29, 0.717) is 18.8 Å². The van der Waals surface area contributed by atoms with Gasteiger partial charge in [-0.1, -0.05) is 18.2 Å². The zero-order valence-corrected chi connectivity index (χ0v) is 13.3. The Balaban J connectivity index is 1.82. The molecule has 2 aromatic rings. The number of methoxy groups -OCH3 is 1. The Morgan fingerprint density at radius 1 is 1.35 bits per heavy atom. The number of aromatic nitrogens is 1. The van der Waals surface area contributed by atoms with Crippen LogP contribution in [0, 0.1) is 0 Å². The van der Waals surface area contributed by atoms with E-state index in [2.05, 4.69) is 39.5 Å². The fourth-order valence-corrected chi connectivity index (χ4v) is 2.87. The molecule has 0 saturated heterocycles. The number of hydrogen-bond acceptors (Lipinski definition) is 4. The molecular weight excluding hydrogens is 290 g/mol. The zero-order chi connectivity index (χ0) is 16.1. The average molecular weight is 311 g/mol. The molecule has 2 heterocycles. The van der Waals surface area contributed by atoms with Crippen LogP contribution in [0.3, 0.4) is 0 Å². The molecule has 0 atom stereocenters. The number of carbonyl (C=O) groups is 1. The van der Waals surface area contributed by atoms with E-state index in [4.69, 9.17) is 4.74 Å². The lowest BCUT2D eigenvalue weighted by molar-refractivity contribution is 0.0932. The minimum absolute atomic E-state index is 0.172. The second kappa shape index (κ2) is 7.24. The van der Waals surface area contributed by atoms with Crippen molar-refractivity contribution in [3.05, 3.63) is 53.9 Å². The molecule has 3 rings (SSSR count). The molecule has 1 N–H and O–H groups in total. The van der Waals surface area contributed by atoms with Crippen LogP contribution in [-0.4, -0.2) is 37.7 Å². The van der Waals surface area contributed by atoms with Crippen molar-refractivity contribution in [2.24, 2.45) is 0 Å². The van der Waals surface area contributed by atoms with E-state index >= 15 is 0 Å². The summed E-state index contributed by atoms with van der Waals surface area (Å²) in [4.78, 5) is 18.6. The van der Waals surface area contributed by atoms with Gasteiger partial charge in [-0.2, -0.15) is 0 Å². The molecule has 1 aliphatic heterocycles. The number of para-hydroxylation sites is 1. The molecule has 0 unspecified atom stereocenters. The van der Waals surface area contributed by atoms with Gasteiger partial charge in [0.1, 0.15) is 5.69 Å². The highest BCUT2D eigenvalue weighted by Crippen LogP contribution is 2.33. The van der Waals surface area contributed by atoms with Crippen molar-refractivity contribution >= 4 is 17.3 Å². The van der Waals surface area contributed by atoms with Gasteiger partial charge in [0.05, 0.1) is 6.61 Å². The first-order valence-electron chi connectivity index (χ1n) is 7.88. The Morgan fingerprint density at radius 3 is 3.09 bits per heavy atom. The number of benzene rings is 1. The fourth-order valence-electron chi connectivity index (χ4n) is 2.87. The fraction of sp³-hybridized carbons (Fsp3) is 0.333. The van der Waals surface area contributed by atoms with Crippen molar-refractivity contribution in [2.75, 3.05) is 31.7 Å². The Morgan fingerprint density at radius 2 is 2.22 bits per heavy atom. The van der Waals surface area contributed by atoms with Crippen LogP contribution >= 0.6 is 0 Å². The van der Waals surface area contributed by atoms with Gasteiger partial charge in [-0.3, -0.25) is 9.78 Å². The van der Waals surface area contributed by atoms with Crippen molar-refractivity contribution in [1.29, 1.82) is 0 Å². The summed E-state index contributed by atoms with van der Waals surface area (Å²) in [6.07, 6.45) is 3.90. The van der Waals surface area contributed by atoms with E-state index in [-0.39, 0.29) is 5.91 Å². The summed E-state index contributed by atoms with van der Waals surface area (Å²) in [6.45, 7) is 1.92. The van der Waals surface area contributed by atoms with Crippen molar-refractivity contribution in [2.45, 2.75) is 12.8 Å². The molecule has 0 fully saturated rings. The largest absolute Gasteiger partial charge is 0.383 e. The van der Waals surface area contributed by atoms with Gasteiger partial charge in [0.2, 0.25) is 0 Å². The topological polar surface area (TPSA) is 54.5 Å². The van der Waals surface area contributed by atoms with Crippen LogP contribution in [0.25, 0.3) is 0 Å². The van der Waals surface area contributed by atoms with Crippen molar-refractivity contribution in [3.8, 4) is 0 Å². The number of anilines is 2. The second-order valence-corrected chi connectivity index (χ2v) is 5.53. The Hall–Kier alpha value is -2.40. The highest BCUT2D eigenvalue weighted by atomic mass is 16.5. The number of rotatable bonds is 5. The minimum atomic E-state index is -0.172. The first-order valence-corrected chi connectivity index (χ1v) is 7.88. The second-order valence-electron chi connectivity index (χ2n) is 5.53. The van der Waals surface area contributed by atoms with E-state index in [1.165, 1.54) is 11.3 Å². The maximum atomic E-state index is 12.2. The summed E-state index contributed by atoms with van der Waals surface area (Å²) in [5.74, 6) is -0.172. The van der Waals surface area contributed by atoms with E-state index < -0.39 is 0 Å².